The van der Waals surface area contributed by atoms with E-state index in [2.05, 4.69) is 17.2 Å². The topological polar surface area (TPSA) is 56.2 Å². The van der Waals surface area contributed by atoms with Gasteiger partial charge in [0.15, 0.2) is 0 Å². The Kier molecular flexibility index (Phi) is 4.49. The summed E-state index contributed by atoms with van der Waals surface area (Å²) >= 11 is 0. The van der Waals surface area contributed by atoms with Gasteiger partial charge in [-0.1, -0.05) is 6.92 Å². The molecule has 0 bridgehead atoms. The minimum Gasteiger partial charge on any atom is -0.381 e. The Labute approximate surface area is 107 Å². The van der Waals surface area contributed by atoms with E-state index in [-0.39, 0.29) is 11.6 Å². The molecule has 1 N–H and O–H groups in total. The summed E-state index contributed by atoms with van der Waals surface area (Å²) in [5.41, 5.74) is 0.782. The zero-order valence-corrected chi connectivity index (χ0v) is 11.1. The Morgan fingerprint density at radius 3 is 3.11 bits per heavy atom. The third-order valence-electron chi connectivity index (χ3n) is 3.41. The standard InChI is InChI=1S/C13H21N3O2/c1-3-14-12(11-4-5-18-8-11)7-16-9-15-10(2)6-13(16)17/h6,9,11-12,14H,3-5,7-8H2,1-2H3. The fourth-order valence-corrected chi connectivity index (χ4v) is 2.38. The maximum absolute atomic E-state index is 11.9. The molecular weight excluding hydrogens is 230 g/mol. The average Bonchev–Trinajstić information content (AvgIpc) is 2.85. The number of hydrogen-bond donors (Lipinski definition) is 1. The van der Waals surface area contributed by atoms with Gasteiger partial charge in [-0.15, -0.1) is 0 Å². The van der Waals surface area contributed by atoms with Gasteiger partial charge in [-0.05, 0) is 19.9 Å². The summed E-state index contributed by atoms with van der Waals surface area (Å²) in [5, 5.41) is 3.45. The van der Waals surface area contributed by atoms with Crippen molar-refractivity contribution >= 4 is 0 Å². The van der Waals surface area contributed by atoms with Crippen molar-refractivity contribution in [2.45, 2.75) is 32.9 Å². The SMILES string of the molecule is CCNC(Cn1cnc(C)cc1=O)C1CCOC1. The lowest BCUT2D eigenvalue weighted by Crippen LogP contribution is -2.42. The van der Waals surface area contributed by atoms with Crippen LogP contribution in [0.2, 0.25) is 0 Å². The highest BCUT2D eigenvalue weighted by molar-refractivity contribution is 4.96. The van der Waals surface area contributed by atoms with Crippen molar-refractivity contribution in [3.63, 3.8) is 0 Å². The maximum Gasteiger partial charge on any atom is 0.253 e. The van der Waals surface area contributed by atoms with E-state index >= 15 is 0 Å². The molecule has 1 fully saturated rings. The molecule has 0 saturated carbocycles. The fourth-order valence-electron chi connectivity index (χ4n) is 2.38. The number of aromatic nitrogens is 2. The van der Waals surface area contributed by atoms with Crippen molar-refractivity contribution in [3.05, 3.63) is 28.4 Å². The predicted molar refractivity (Wildman–Crippen MR) is 69.6 cm³/mol. The van der Waals surface area contributed by atoms with Crippen LogP contribution in [0.5, 0.6) is 0 Å². The summed E-state index contributed by atoms with van der Waals surface area (Å²) in [7, 11) is 0. The van der Waals surface area contributed by atoms with E-state index in [4.69, 9.17) is 4.74 Å². The van der Waals surface area contributed by atoms with E-state index in [1.54, 1.807) is 17.0 Å². The fraction of sp³-hybridized carbons (Fsp3) is 0.692. The number of nitrogens with one attached hydrogen (secondary N) is 1. The van der Waals surface area contributed by atoms with Gasteiger partial charge in [-0.2, -0.15) is 0 Å². The molecule has 0 aromatic carbocycles. The summed E-state index contributed by atoms with van der Waals surface area (Å²) in [4.78, 5) is 16.0. The zero-order chi connectivity index (χ0) is 13.0. The molecule has 2 heterocycles. The van der Waals surface area contributed by atoms with Crippen molar-refractivity contribution < 1.29 is 4.74 Å². The number of likely N-dealkylation sites (N-methyl/N-ethyl adjacent to an activating group) is 1. The first-order chi connectivity index (χ1) is 8.70. The smallest absolute Gasteiger partial charge is 0.253 e. The van der Waals surface area contributed by atoms with Crippen molar-refractivity contribution in [1.29, 1.82) is 0 Å². The summed E-state index contributed by atoms with van der Waals surface area (Å²) in [6.45, 7) is 7.08. The van der Waals surface area contributed by atoms with Crippen LogP contribution >= 0.6 is 0 Å². The van der Waals surface area contributed by atoms with Crippen LogP contribution in [0, 0.1) is 12.8 Å². The summed E-state index contributed by atoms with van der Waals surface area (Å²) < 4.78 is 7.11. The van der Waals surface area contributed by atoms with E-state index in [0.29, 0.717) is 12.5 Å². The largest absolute Gasteiger partial charge is 0.381 e. The quantitative estimate of drug-likeness (QED) is 0.831. The molecule has 5 heteroatoms. The third kappa shape index (κ3) is 3.17. The first-order valence-electron chi connectivity index (χ1n) is 6.55. The number of nitrogens with zero attached hydrogens (tertiary/aromatic N) is 2. The van der Waals surface area contributed by atoms with Gasteiger partial charge in [0.1, 0.15) is 0 Å². The third-order valence-corrected chi connectivity index (χ3v) is 3.41. The van der Waals surface area contributed by atoms with Crippen LogP contribution in [0.4, 0.5) is 0 Å². The van der Waals surface area contributed by atoms with Gasteiger partial charge in [-0.25, -0.2) is 4.98 Å². The van der Waals surface area contributed by atoms with Crippen LogP contribution < -0.4 is 10.9 Å². The van der Waals surface area contributed by atoms with Gasteiger partial charge in [-0.3, -0.25) is 9.36 Å². The molecule has 0 radical (unpaired) electrons. The van der Waals surface area contributed by atoms with E-state index in [9.17, 15) is 4.79 Å². The molecule has 0 amide bonds. The van der Waals surface area contributed by atoms with Crippen molar-refractivity contribution in [2.24, 2.45) is 5.92 Å². The first kappa shape index (κ1) is 13.2. The Morgan fingerprint density at radius 2 is 2.50 bits per heavy atom. The predicted octanol–water partition coefficient (Wildman–Crippen LogP) is 0.566. The molecule has 1 aliphatic heterocycles. The number of rotatable bonds is 5. The second kappa shape index (κ2) is 6.11. The van der Waals surface area contributed by atoms with Crippen LogP contribution in [-0.4, -0.2) is 35.4 Å². The van der Waals surface area contributed by atoms with Gasteiger partial charge in [0.25, 0.3) is 5.56 Å². The zero-order valence-electron chi connectivity index (χ0n) is 11.1. The summed E-state index contributed by atoms with van der Waals surface area (Å²) in [6, 6.07) is 1.86. The number of ether oxygens (including phenoxy) is 1. The Hall–Kier alpha value is -1.20. The second-order valence-electron chi connectivity index (χ2n) is 4.81. The van der Waals surface area contributed by atoms with E-state index in [1.165, 1.54) is 0 Å². The van der Waals surface area contributed by atoms with Crippen LogP contribution in [0.25, 0.3) is 0 Å². The molecule has 1 saturated heterocycles. The summed E-state index contributed by atoms with van der Waals surface area (Å²) in [5.74, 6) is 0.484. The molecule has 1 aromatic heterocycles. The minimum absolute atomic E-state index is 0.0179. The molecule has 1 aliphatic rings. The van der Waals surface area contributed by atoms with Crippen LogP contribution in [0.1, 0.15) is 19.0 Å². The van der Waals surface area contributed by atoms with Gasteiger partial charge < -0.3 is 10.1 Å². The molecule has 100 valence electrons. The molecule has 18 heavy (non-hydrogen) atoms. The Balaban J connectivity index is 2.09. The lowest BCUT2D eigenvalue weighted by atomic mass is 9.99. The highest BCUT2D eigenvalue weighted by atomic mass is 16.5. The molecule has 2 unspecified atom stereocenters. The van der Waals surface area contributed by atoms with Crippen molar-refractivity contribution in [2.75, 3.05) is 19.8 Å². The van der Waals surface area contributed by atoms with E-state index < -0.39 is 0 Å². The minimum atomic E-state index is 0.0179. The lowest BCUT2D eigenvalue weighted by molar-refractivity contribution is 0.173. The van der Waals surface area contributed by atoms with Gasteiger partial charge >= 0.3 is 0 Å². The normalized spacial score (nSPS) is 21.1. The molecule has 2 atom stereocenters. The van der Waals surface area contributed by atoms with Crippen LogP contribution in [0.15, 0.2) is 17.2 Å². The molecule has 2 rings (SSSR count). The van der Waals surface area contributed by atoms with Crippen molar-refractivity contribution in [3.8, 4) is 0 Å². The van der Waals surface area contributed by atoms with Crippen molar-refractivity contribution in [1.82, 2.24) is 14.9 Å². The first-order valence-corrected chi connectivity index (χ1v) is 6.55. The number of hydrogen-bond acceptors (Lipinski definition) is 4. The average molecular weight is 251 g/mol. The Bertz CT molecular complexity index is 438. The van der Waals surface area contributed by atoms with E-state index in [0.717, 1.165) is 31.9 Å². The Morgan fingerprint density at radius 1 is 1.67 bits per heavy atom. The maximum atomic E-state index is 11.9. The van der Waals surface area contributed by atoms with Crippen LogP contribution in [-0.2, 0) is 11.3 Å². The molecule has 5 nitrogen and oxygen atoms in total. The van der Waals surface area contributed by atoms with Crippen LogP contribution in [0.3, 0.4) is 0 Å². The van der Waals surface area contributed by atoms with Gasteiger partial charge in [0, 0.05) is 36.9 Å². The second-order valence-corrected chi connectivity index (χ2v) is 4.81. The molecule has 1 aromatic rings. The summed E-state index contributed by atoms with van der Waals surface area (Å²) in [6.07, 6.45) is 2.70. The highest BCUT2D eigenvalue weighted by Gasteiger charge is 2.25. The number of aryl methyl sites for hydroxylation is 1. The van der Waals surface area contributed by atoms with Gasteiger partial charge in [0.2, 0.25) is 0 Å². The highest BCUT2D eigenvalue weighted by Crippen LogP contribution is 2.17. The lowest BCUT2D eigenvalue weighted by Gasteiger charge is -2.23. The molecular formula is C13H21N3O2. The molecule has 0 spiro atoms. The monoisotopic (exact) mass is 251 g/mol. The van der Waals surface area contributed by atoms with E-state index in [1.807, 2.05) is 6.92 Å². The molecule has 0 aliphatic carbocycles. The van der Waals surface area contributed by atoms with Gasteiger partial charge in [0.05, 0.1) is 12.9 Å².